The molecule has 4 nitrogen and oxygen atoms in total. The molecule has 0 atom stereocenters. The molecule has 0 spiro atoms. The molecule has 0 aliphatic heterocycles. The predicted octanol–water partition coefficient (Wildman–Crippen LogP) is 4.55. The Bertz CT molecular complexity index is 630. The maximum absolute atomic E-state index is 12.4. The molecule has 0 fully saturated rings. The minimum Gasteiger partial charge on any atom is -0.380 e. The van der Waals surface area contributed by atoms with E-state index < -0.39 is 15.6 Å². The molecular weight excluding hydrogens is 345 g/mol. The van der Waals surface area contributed by atoms with Crippen LogP contribution in [0.3, 0.4) is 0 Å². The molecule has 0 saturated heterocycles. The van der Waals surface area contributed by atoms with E-state index in [0.717, 1.165) is 18.4 Å². The van der Waals surface area contributed by atoms with Crippen LogP contribution in [-0.2, 0) is 19.1 Å². The van der Waals surface area contributed by atoms with Crippen molar-refractivity contribution in [3.05, 3.63) is 36.1 Å². The largest absolute Gasteiger partial charge is 0.534 e. The Balaban J connectivity index is 2.81. The highest BCUT2D eigenvalue weighted by Crippen LogP contribution is 2.33. The lowest BCUT2D eigenvalue weighted by Gasteiger charge is -2.20. The summed E-state index contributed by atoms with van der Waals surface area (Å²) in [5.74, 6) is -0.731. The summed E-state index contributed by atoms with van der Waals surface area (Å²) in [6.45, 7) is 7.48. The topological polar surface area (TPSA) is 60.4 Å². The first-order valence-corrected chi connectivity index (χ1v) is 9.03. The second-order valence-corrected chi connectivity index (χ2v) is 7.13. The maximum Gasteiger partial charge on any atom is 0.534 e. The number of carbonyl (C=O) groups is 1. The number of alkyl halides is 3. The number of hydrogen-bond donors (Lipinski definition) is 0. The van der Waals surface area contributed by atoms with Crippen molar-refractivity contribution in [2.24, 2.45) is 0 Å². The number of allylic oxidation sites excluding steroid dienone is 4. The standard InChI is InChI=1S/C16H21F3O4S/c1-3-4-7-12(2)8-5-9-13-14(20)10-6-11-15(13)23-24(21,22)16(17,18)19/h3H,1-2,4-11H2. The van der Waals surface area contributed by atoms with Crippen molar-refractivity contribution in [1.82, 2.24) is 0 Å². The average Bonchev–Trinajstić information content (AvgIpc) is 2.46. The van der Waals surface area contributed by atoms with Crippen LogP contribution in [0.5, 0.6) is 0 Å². The molecule has 0 aromatic rings. The Hall–Kier alpha value is -1.57. The summed E-state index contributed by atoms with van der Waals surface area (Å²) in [7, 11) is -5.75. The third-order valence-corrected chi connectivity index (χ3v) is 4.62. The molecule has 0 N–H and O–H groups in total. The second kappa shape index (κ2) is 8.50. The van der Waals surface area contributed by atoms with Crippen LogP contribution in [0.15, 0.2) is 36.1 Å². The molecule has 0 bridgehead atoms. The zero-order chi connectivity index (χ0) is 18.4. The fourth-order valence-electron chi connectivity index (χ4n) is 2.36. The Morgan fingerprint density at radius 3 is 2.50 bits per heavy atom. The van der Waals surface area contributed by atoms with E-state index >= 15 is 0 Å². The van der Waals surface area contributed by atoms with Gasteiger partial charge < -0.3 is 4.18 Å². The van der Waals surface area contributed by atoms with Gasteiger partial charge in [-0.15, -0.1) is 6.58 Å². The van der Waals surface area contributed by atoms with Crippen LogP contribution in [-0.4, -0.2) is 19.7 Å². The number of ketones is 1. The lowest BCUT2D eigenvalue weighted by molar-refractivity contribution is -0.116. The van der Waals surface area contributed by atoms with Gasteiger partial charge in [-0.3, -0.25) is 4.79 Å². The van der Waals surface area contributed by atoms with Crippen LogP contribution in [0.1, 0.15) is 51.4 Å². The van der Waals surface area contributed by atoms with E-state index in [1.807, 2.05) is 0 Å². The average molecular weight is 366 g/mol. The highest BCUT2D eigenvalue weighted by atomic mass is 32.2. The van der Waals surface area contributed by atoms with Crippen molar-refractivity contribution >= 4 is 15.9 Å². The molecule has 0 amide bonds. The second-order valence-electron chi connectivity index (χ2n) is 5.59. The fourth-order valence-corrected chi connectivity index (χ4v) is 2.91. The van der Waals surface area contributed by atoms with Gasteiger partial charge in [-0.1, -0.05) is 18.2 Å². The first kappa shape index (κ1) is 20.5. The molecule has 136 valence electrons. The molecule has 1 aliphatic carbocycles. The van der Waals surface area contributed by atoms with Gasteiger partial charge in [-0.05, 0) is 38.5 Å². The van der Waals surface area contributed by atoms with Gasteiger partial charge in [0.05, 0.1) is 0 Å². The van der Waals surface area contributed by atoms with E-state index in [1.54, 1.807) is 6.08 Å². The third kappa shape index (κ3) is 5.81. The highest BCUT2D eigenvalue weighted by molar-refractivity contribution is 7.87. The number of halogens is 3. The van der Waals surface area contributed by atoms with Crippen LogP contribution < -0.4 is 0 Å². The van der Waals surface area contributed by atoms with E-state index in [1.165, 1.54) is 0 Å². The molecule has 24 heavy (non-hydrogen) atoms. The van der Waals surface area contributed by atoms with E-state index in [-0.39, 0.29) is 42.8 Å². The Kier molecular flexibility index (Phi) is 7.26. The molecule has 8 heteroatoms. The van der Waals surface area contributed by atoms with Crippen molar-refractivity contribution in [1.29, 1.82) is 0 Å². The summed E-state index contributed by atoms with van der Waals surface area (Å²) < 4.78 is 63.9. The van der Waals surface area contributed by atoms with Gasteiger partial charge in [0.1, 0.15) is 5.76 Å². The maximum atomic E-state index is 12.4. The van der Waals surface area contributed by atoms with Gasteiger partial charge in [0.2, 0.25) is 0 Å². The first-order valence-electron chi connectivity index (χ1n) is 7.62. The number of rotatable bonds is 9. The highest BCUT2D eigenvalue weighted by Gasteiger charge is 2.49. The van der Waals surface area contributed by atoms with E-state index in [9.17, 15) is 26.4 Å². The molecule has 0 aromatic carbocycles. The van der Waals surface area contributed by atoms with Crippen LogP contribution in [0.25, 0.3) is 0 Å². The normalized spacial score (nSPS) is 16.2. The summed E-state index contributed by atoms with van der Waals surface area (Å²) in [6.07, 6.45) is 5.03. The SMILES string of the molecule is C=CCCC(=C)CCCC1=C(OS(=O)(=O)C(F)(F)F)CCCC1=O. The minimum atomic E-state index is -5.75. The zero-order valence-corrected chi connectivity index (χ0v) is 14.1. The molecule has 0 saturated carbocycles. The van der Waals surface area contributed by atoms with Gasteiger partial charge in [-0.25, -0.2) is 0 Å². The van der Waals surface area contributed by atoms with Crippen LogP contribution >= 0.6 is 0 Å². The fraction of sp³-hybridized carbons (Fsp3) is 0.562. The van der Waals surface area contributed by atoms with Crippen molar-refractivity contribution in [2.45, 2.75) is 56.9 Å². The Morgan fingerprint density at radius 1 is 1.25 bits per heavy atom. The zero-order valence-electron chi connectivity index (χ0n) is 13.3. The van der Waals surface area contributed by atoms with Crippen molar-refractivity contribution < 1.29 is 30.6 Å². The molecule has 1 rings (SSSR count). The molecule has 0 heterocycles. The molecule has 0 unspecified atom stereocenters. The van der Waals surface area contributed by atoms with Gasteiger partial charge in [0.25, 0.3) is 0 Å². The third-order valence-electron chi connectivity index (χ3n) is 3.63. The number of carbonyl (C=O) groups excluding carboxylic acids is 1. The molecule has 0 aromatic heterocycles. The Morgan fingerprint density at radius 2 is 1.92 bits per heavy atom. The van der Waals surface area contributed by atoms with Crippen molar-refractivity contribution in [3.63, 3.8) is 0 Å². The minimum absolute atomic E-state index is 0.00773. The van der Waals surface area contributed by atoms with Gasteiger partial charge in [0, 0.05) is 18.4 Å². The van der Waals surface area contributed by atoms with Crippen LogP contribution in [0, 0.1) is 0 Å². The lowest BCUT2D eigenvalue weighted by Crippen LogP contribution is -2.27. The van der Waals surface area contributed by atoms with E-state index in [4.69, 9.17) is 0 Å². The molecule has 1 aliphatic rings. The number of hydrogen-bond acceptors (Lipinski definition) is 4. The van der Waals surface area contributed by atoms with Crippen LogP contribution in [0.2, 0.25) is 0 Å². The number of Topliss-reactive ketones (excluding diaryl/α,β-unsaturated/α-hetero) is 1. The van der Waals surface area contributed by atoms with Gasteiger partial charge in [0.15, 0.2) is 5.78 Å². The van der Waals surface area contributed by atoms with Crippen LogP contribution in [0.4, 0.5) is 13.2 Å². The summed E-state index contributed by atoms with van der Waals surface area (Å²) >= 11 is 0. The van der Waals surface area contributed by atoms with Crippen molar-refractivity contribution in [2.75, 3.05) is 0 Å². The first-order chi connectivity index (χ1) is 11.1. The van der Waals surface area contributed by atoms with Gasteiger partial charge >= 0.3 is 15.6 Å². The summed E-state index contributed by atoms with van der Waals surface area (Å²) in [5, 5.41) is 0. The summed E-state index contributed by atoms with van der Waals surface area (Å²) in [4.78, 5) is 11.9. The predicted molar refractivity (Wildman–Crippen MR) is 84.4 cm³/mol. The quantitative estimate of drug-likeness (QED) is 0.341. The Labute approximate surface area is 140 Å². The summed E-state index contributed by atoms with van der Waals surface area (Å²) in [5.41, 5.74) is -4.51. The van der Waals surface area contributed by atoms with E-state index in [2.05, 4.69) is 17.3 Å². The monoisotopic (exact) mass is 366 g/mol. The lowest BCUT2D eigenvalue weighted by atomic mass is 9.91. The smallest absolute Gasteiger partial charge is 0.380 e. The summed E-state index contributed by atoms with van der Waals surface area (Å²) in [6, 6.07) is 0. The molecule has 0 radical (unpaired) electrons. The van der Waals surface area contributed by atoms with Crippen molar-refractivity contribution in [3.8, 4) is 0 Å². The van der Waals surface area contributed by atoms with Gasteiger partial charge in [-0.2, -0.15) is 21.6 Å². The molecular formula is C16H21F3O4S. The van der Waals surface area contributed by atoms with E-state index in [0.29, 0.717) is 12.8 Å².